The maximum atomic E-state index is 5.30. The van der Waals surface area contributed by atoms with Crippen LogP contribution in [0.2, 0.25) is 0 Å². The molecule has 0 atom stereocenters. The largest absolute Gasteiger partial charge is 0.252 e. The van der Waals surface area contributed by atoms with Crippen molar-refractivity contribution in [3.05, 3.63) is 71.8 Å². The van der Waals surface area contributed by atoms with Crippen LogP contribution >= 0.6 is 0 Å². The van der Waals surface area contributed by atoms with Gasteiger partial charge in [0.2, 0.25) is 0 Å². The summed E-state index contributed by atoms with van der Waals surface area (Å²) in [5.41, 5.74) is 6.96. The van der Waals surface area contributed by atoms with Gasteiger partial charge in [0, 0.05) is 0 Å². The normalized spacial score (nSPS) is 12.3. The third-order valence-corrected chi connectivity index (χ3v) is 17.4. The molecule has 2 aromatic carbocycles. The molecule has 0 aromatic heterocycles. The lowest BCUT2D eigenvalue weighted by molar-refractivity contribution is 0.519. The van der Waals surface area contributed by atoms with Crippen molar-refractivity contribution in [1.29, 1.82) is 0 Å². The minimum atomic E-state index is 0.999. The van der Waals surface area contributed by atoms with Crippen molar-refractivity contribution in [1.82, 2.24) is 0 Å². The van der Waals surface area contributed by atoms with Crippen molar-refractivity contribution >= 4 is 22.8 Å². The van der Waals surface area contributed by atoms with Crippen LogP contribution in [0.25, 0.3) is 0 Å². The molecule has 0 N–H and O–H groups in total. The number of nitrogens with zero attached hydrogens (tertiary/aromatic N) is 2. The zero-order valence-electron chi connectivity index (χ0n) is 54.0. The zero-order chi connectivity index (χ0) is 56.3. The fourth-order valence-electron chi connectivity index (χ4n) is 12.0. The summed E-state index contributed by atoms with van der Waals surface area (Å²) in [7, 11) is 0. The minimum Gasteiger partial charge on any atom is -0.252 e. The molecule has 2 heteroatoms. The number of allylic oxidation sites excluding steroid dienone is 2. The maximum Gasteiger partial charge on any atom is 0.0845 e. The Kier molecular flexibility index (Phi) is 54.0. The molecule has 2 nitrogen and oxygen atoms in total. The highest BCUT2D eigenvalue weighted by molar-refractivity contribution is 6.46. The van der Waals surface area contributed by atoms with Gasteiger partial charge in [0.05, 0.1) is 22.8 Å². The van der Waals surface area contributed by atoms with Gasteiger partial charge in [-0.15, -0.1) is 0 Å². The second-order valence-corrected chi connectivity index (χ2v) is 25.3. The first-order valence-electron chi connectivity index (χ1n) is 36.1. The van der Waals surface area contributed by atoms with Gasteiger partial charge >= 0.3 is 0 Å². The van der Waals surface area contributed by atoms with Crippen LogP contribution in [0, 0.1) is 0 Å². The predicted octanol–water partition coefficient (Wildman–Crippen LogP) is 27.7. The molecule has 0 amide bonds. The average Bonchev–Trinajstić information content (AvgIpc) is 3.46. The number of hydrogen-bond acceptors (Lipinski definition) is 2. The van der Waals surface area contributed by atoms with E-state index in [-0.39, 0.29) is 0 Å². The Bertz CT molecular complexity index is 1650. The average molecular weight is 1090 g/mol. The van der Waals surface area contributed by atoms with E-state index >= 15 is 0 Å². The van der Waals surface area contributed by atoms with E-state index in [0.717, 1.165) is 42.1 Å². The van der Waals surface area contributed by atoms with Crippen LogP contribution < -0.4 is 0 Å². The summed E-state index contributed by atoms with van der Waals surface area (Å²) in [6.07, 6.45) is 84.8. The SMILES string of the molecule is CCCCCCCCCCCCC=CC(=Nc1cccc(CCCCCCCCCCCCCCCCCCCCCCCC)c1)C(C)=Nc1cccc(CCCCCCCCCCCCCCCCCCCCCCCC)c1. The Morgan fingerprint density at radius 3 is 0.810 bits per heavy atom. The van der Waals surface area contributed by atoms with Crippen LogP contribution in [0.5, 0.6) is 0 Å². The van der Waals surface area contributed by atoms with E-state index < -0.39 is 0 Å². The first-order valence-corrected chi connectivity index (χ1v) is 36.1. The van der Waals surface area contributed by atoms with Gasteiger partial charge in [-0.3, -0.25) is 4.99 Å². The van der Waals surface area contributed by atoms with Gasteiger partial charge in [0.15, 0.2) is 0 Å². The Morgan fingerprint density at radius 1 is 0.291 bits per heavy atom. The fraction of sp³-hybridized carbons (Fsp3) is 0.792. The zero-order valence-corrected chi connectivity index (χ0v) is 54.0. The molecule has 0 spiro atoms. The molecule has 0 aliphatic carbocycles. The van der Waals surface area contributed by atoms with Crippen LogP contribution in [0.3, 0.4) is 0 Å². The summed E-state index contributed by atoms with van der Waals surface area (Å²) < 4.78 is 0. The Hall–Kier alpha value is -2.48. The summed E-state index contributed by atoms with van der Waals surface area (Å²) in [4.78, 5) is 10.5. The topological polar surface area (TPSA) is 24.7 Å². The fourth-order valence-corrected chi connectivity index (χ4v) is 12.0. The van der Waals surface area contributed by atoms with Crippen molar-refractivity contribution in [3.63, 3.8) is 0 Å². The molecule has 79 heavy (non-hydrogen) atoms. The lowest BCUT2D eigenvalue weighted by atomic mass is 10.0. The molecule has 0 bridgehead atoms. The maximum absolute atomic E-state index is 5.30. The number of aliphatic imine (C=N–C) groups is 2. The highest BCUT2D eigenvalue weighted by atomic mass is 14.8. The van der Waals surface area contributed by atoms with Crippen LogP contribution in [-0.4, -0.2) is 11.4 Å². The molecule has 0 heterocycles. The molecule has 0 aliphatic heterocycles. The van der Waals surface area contributed by atoms with Gasteiger partial charge < -0.3 is 0 Å². The highest BCUT2D eigenvalue weighted by Gasteiger charge is 2.06. The minimum absolute atomic E-state index is 0.999. The van der Waals surface area contributed by atoms with Crippen LogP contribution in [0.4, 0.5) is 11.4 Å². The van der Waals surface area contributed by atoms with E-state index in [9.17, 15) is 0 Å². The van der Waals surface area contributed by atoms with Crippen LogP contribution in [0.15, 0.2) is 70.7 Å². The smallest absolute Gasteiger partial charge is 0.0845 e. The van der Waals surface area contributed by atoms with E-state index in [1.165, 1.54) is 358 Å². The van der Waals surface area contributed by atoms with Crippen molar-refractivity contribution in [3.8, 4) is 0 Å². The van der Waals surface area contributed by atoms with Gasteiger partial charge in [-0.05, 0) is 86.9 Å². The van der Waals surface area contributed by atoms with Crippen molar-refractivity contribution in [2.24, 2.45) is 9.98 Å². The van der Waals surface area contributed by atoms with Gasteiger partial charge in [-0.1, -0.05) is 379 Å². The van der Waals surface area contributed by atoms with E-state index in [1.807, 2.05) is 0 Å². The number of rotatable bonds is 61. The molecule has 0 fully saturated rings. The molecule has 0 unspecified atom stereocenters. The van der Waals surface area contributed by atoms with Gasteiger partial charge in [-0.25, -0.2) is 4.99 Å². The standard InChI is InChI=1S/C77H136N2/c1-5-8-11-14-17-20-23-26-28-30-32-34-36-38-40-42-44-46-49-52-55-58-63-73-65-61-67-75(70-73)78-72(4)77(69-60-57-54-51-48-25-22-19-16-13-10-7-3)79-76-68-62-66-74(71-76)64-59-56-53-50-47-45-43-41-39-37-35-33-31-29-27-24-21-18-15-12-9-6-2/h60-62,65-71H,5-59,63-64H2,1-4H3. The Labute approximate surface area is 495 Å². The number of aryl methyl sites for hydroxylation is 2. The predicted molar refractivity (Wildman–Crippen MR) is 360 cm³/mol. The van der Waals surface area contributed by atoms with E-state index in [1.54, 1.807) is 0 Å². The highest BCUT2D eigenvalue weighted by Crippen LogP contribution is 2.23. The molecule has 2 aromatic rings. The molecule has 0 saturated heterocycles. The molecule has 454 valence electrons. The molecule has 0 saturated carbocycles. The lowest BCUT2D eigenvalue weighted by Gasteiger charge is -2.07. The van der Waals surface area contributed by atoms with Gasteiger partial charge in [-0.2, -0.15) is 0 Å². The van der Waals surface area contributed by atoms with E-state index in [0.29, 0.717) is 0 Å². The van der Waals surface area contributed by atoms with E-state index in [4.69, 9.17) is 9.98 Å². The summed E-state index contributed by atoms with van der Waals surface area (Å²) >= 11 is 0. The third-order valence-electron chi connectivity index (χ3n) is 17.4. The van der Waals surface area contributed by atoms with Crippen LogP contribution in [-0.2, 0) is 12.8 Å². The van der Waals surface area contributed by atoms with Crippen molar-refractivity contribution in [2.75, 3.05) is 0 Å². The molecule has 0 radical (unpaired) electrons. The monoisotopic (exact) mass is 1090 g/mol. The number of unbranched alkanes of at least 4 members (excludes halogenated alkanes) is 52. The Morgan fingerprint density at radius 2 is 0.532 bits per heavy atom. The molecule has 2 rings (SSSR count). The molecular formula is C77H136N2. The van der Waals surface area contributed by atoms with Crippen molar-refractivity contribution in [2.45, 2.75) is 394 Å². The van der Waals surface area contributed by atoms with Gasteiger partial charge in [0.25, 0.3) is 0 Å². The van der Waals surface area contributed by atoms with Gasteiger partial charge in [0.1, 0.15) is 0 Å². The quantitative estimate of drug-likeness (QED) is 0.0466. The summed E-state index contributed by atoms with van der Waals surface area (Å²) in [6.45, 7) is 9.10. The number of benzene rings is 2. The molecular weight excluding hydrogens is 953 g/mol. The summed E-state index contributed by atoms with van der Waals surface area (Å²) in [5.74, 6) is 0. The van der Waals surface area contributed by atoms with Crippen molar-refractivity contribution < 1.29 is 0 Å². The number of hydrogen-bond donors (Lipinski definition) is 0. The first-order chi connectivity index (χ1) is 39.2. The summed E-state index contributed by atoms with van der Waals surface area (Å²) in [6, 6.07) is 18.1. The Balaban J connectivity index is 1.70. The third kappa shape index (κ3) is 48.7. The molecule has 0 aliphatic rings. The van der Waals surface area contributed by atoms with Crippen LogP contribution in [0.1, 0.15) is 392 Å². The second kappa shape index (κ2) is 58.7. The second-order valence-electron chi connectivity index (χ2n) is 25.3. The first kappa shape index (κ1) is 72.6. The summed E-state index contributed by atoms with van der Waals surface area (Å²) in [5, 5.41) is 0. The van der Waals surface area contributed by atoms with E-state index in [2.05, 4.69) is 88.4 Å². The lowest BCUT2D eigenvalue weighted by Crippen LogP contribution is -2.07.